The third-order valence-corrected chi connectivity index (χ3v) is 2.41. The second-order valence-electron chi connectivity index (χ2n) is 4.20. The fourth-order valence-electron chi connectivity index (χ4n) is 1.53. The van der Waals surface area contributed by atoms with Crippen LogP contribution in [0.3, 0.4) is 0 Å². The van der Waals surface area contributed by atoms with Crippen LogP contribution in [-0.2, 0) is 9.47 Å². The lowest BCUT2D eigenvalue weighted by atomic mass is 10.0. The van der Waals surface area contributed by atoms with Crippen LogP contribution >= 0.6 is 11.6 Å². The van der Waals surface area contributed by atoms with Crippen LogP contribution in [0.2, 0.25) is 0 Å². The summed E-state index contributed by atoms with van der Waals surface area (Å²) in [5.74, 6) is 0.692. The maximum Gasteiger partial charge on any atom is 0.146 e. The van der Waals surface area contributed by atoms with Crippen molar-refractivity contribution in [3.8, 4) is 0 Å². The first kappa shape index (κ1) is 15.2. The van der Waals surface area contributed by atoms with E-state index in [1.165, 1.54) is 6.42 Å². The molecule has 0 heterocycles. The van der Waals surface area contributed by atoms with Gasteiger partial charge in [0.15, 0.2) is 0 Å². The van der Waals surface area contributed by atoms with Gasteiger partial charge in [0, 0.05) is 18.6 Å². The lowest BCUT2D eigenvalue weighted by molar-refractivity contribution is -0.0548. The number of alkyl halides is 1. The van der Waals surface area contributed by atoms with Crippen LogP contribution in [-0.4, -0.2) is 25.4 Å². The van der Waals surface area contributed by atoms with Crippen molar-refractivity contribution < 1.29 is 9.47 Å². The quantitative estimate of drug-likeness (QED) is 0.326. The van der Waals surface area contributed by atoms with E-state index in [1.807, 2.05) is 6.92 Å². The van der Waals surface area contributed by atoms with Crippen LogP contribution in [0.15, 0.2) is 0 Å². The number of rotatable bonds is 10. The van der Waals surface area contributed by atoms with Crippen LogP contribution < -0.4 is 0 Å². The van der Waals surface area contributed by atoms with Crippen LogP contribution in [0.1, 0.15) is 46.5 Å². The highest BCUT2D eigenvalue weighted by atomic mass is 35.5. The average molecular weight is 237 g/mol. The van der Waals surface area contributed by atoms with Crippen molar-refractivity contribution in [2.45, 2.75) is 51.8 Å². The summed E-state index contributed by atoms with van der Waals surface area (Å²) in [5.41, 5.74) is 0. The molecule has 0 radical (unpaired) electrons. The summed E-state index contributed by atoms with van der Waals surface area (Å²) in [5, 5.41) is 0.286. The Labute approximate surface area is 99.3 Å². The molecule has 0 aliphatic carbocycles. The molecule has 3 heteroatoms. The minimum atomic E-state index is 0.286. The highest BCUT2D eigenvalue weighted by Crippen LogP contribution is 2.15. The normalized spacial score (nSPS) is 15.2. The highest BCUT2D eigenvalue weighted by Gasteiger charge is 2.05. The van der Waals surface area contributed by atoms with Crippen molar-refractivity contribution in [3.63, 3.8) is 0 Å². The van der Waals surface area contributed by atoms with Gasteiger partial charge in [-0.3, -0.25) is 0 Å². The van der Waals surface area contributed by atoms with Crippen molar-refractivity contribution in [2.75, 3.05) is 20.0 Å². The van der Waals surface area contributed by atoms with Gasteiger partial charge in [-0.1, -0.05) is 13.8 Å². The van der Waals surface area contributed by atoms with Crippen molar-refractivity contribution in [1.29, 1.82) is 0 Å². The SMILES string of the molecule is CCCOCOCCCC(C)CC(C)Cl. The lowest BCUT2D eigenvalue weighted by Gasteiger charge is -2.12. The zero-order chi connectivity index (χ0) is 11.5. The molecule has 0 bridgehead atoms. The van der Waals surface area contributed by atoms with Gasteiger partial charge in [0.1, 0.15) is 6.79 Å². The lowest BCUT2D eigenvalue weighted by Crippen LogP contribution is -2.06. The topological polar surface area (TPSA) is 18.5 Å². The van der Waals surface area contributed by atoms with E-state index in [-0.39, 0.29) is 5.38 Å². The Bertz CT molecular complexity index is 129. The van der Waals surface area contributed by atoms with Gasteiger partial charge in [-0.25, -0.2) is 0 Å². The van der Waals surface area contributed by atoms with E-state index >= 15 is 0 Å². The number of hydrogen-bond donors (Lipinski definition) is 0. The predicted molar refractivity (Wildman–Crippen MR) is 65.4 cm³/mol. The maximum atomic E-state index is 5.92. The van der Waals surface area contributed by atoms with Crippen LogP contribution in [0.4, 0.5) is 0 Å². The monoisotopic (exact) mass is 236 g/mol. The maximum absolute atomic E-state index is 5.92. The fourth-order valence-corrected chi connectivity index (χ4v) is 1.83. The minimum absolute atomic E-state index is 0.286. The van der Waals surface area contributed by atoms with Crippen molar-refractivity contribution in [1.82, 2.24) is 0 Å². The van der Waals surface area contributed by atoms with Gasteiger partial charge >= 0.3 is 0 Å². The largest absolute Gasteiger partial charge is 0.355 e. The molecule has 15 heavy (non-hydrogen) atoms. The second-order valence-corrected chi connectivity index (χ2v) is 4.94. The van der Waals surface area contributed by atoms with Gasteiger partial charge in [-0.15, -0.1) is 11.6 Å². The van der Waals surface area contributed by atoms with E-state index in [0.717, 1.165) is 32.5 Å². The zero-order valence-corrected chi connectivity index (χ0v) is 11.1. The first-order valence-corrected chi connectivity index (χ1v) is 6.40. The van der Waals surface area contributed by atoms with E-state index < -0.39 is 0 Å². The third kappa shape index (κ3) is 12.1. The third-order valence-electron chi connectivity index (χ3n) is 2.23. The summed E-state index contributed by atoms with van der Waals surface area (Å²) in [7, 11) is 0. The van der Waals surface area contributed by atoms with Crippen LogP contribution in [0.5, 0.6) is 0 Å². The molecule has 2 unspecified atom stereocenters. The second kappa shape index (κ2) is 10.7. The Balaban J connectivity index is 3.09. The molecule has 2 nitrogen and oxygen atoms in total. The van der Waals surface area contributed by atoms with Gasteiger partial charge in [0.05, 0.1) is 0 Å². The molecule has 0 fully saturated rings. The van der Waals surface area contributed by atoms with E-state index in [4.69, 9.17) is 21.1 Å². The predicted octanol–water partition coefficient (Wildman–Crippen LogP) is 3.82. The van der Waals surface area contributed by atoms with Gasteiger partial charge in [-0.2, -0.15) is 0 Å². The van der Waals surface area contributed by atoms with Gasteiger partial charge < -0.3 is 9.47 Å². The zero-order valence-electron chi connectivity index (χ0n) is 10.3. The smallest absolute Gasteiger partial charge is 0.146 e. The molecule has 2 atom stereocenters. The molecule has 0 saturated heterocycles. The van der Waals surface area contributed by atoms with Gasteiger partial charge in [0.25, 0.3) is 0 Å². The molecule has 0 aromatic heterocycles. The summed E-state index contributed by atoms with van der Waals surface area (Å²) >= 11 is 5.92. The molecule has 0 aliphatic heterocycles. The van der Waals surface area contributed by atoms with Crippen molar-refractivity contribution in [3.05, 3.63) is 0 Å². The van der Waals surface area contributed by atoms with E-state index in [0.29, 0.717) is 12.7 Å². The number of halogens is 1. The Hall–Kier alpha value is 0.210. The van der Waals surface area contributed by atoms with E-state index in [9.17, 15) is 0 Å². The van der Waals surface area contributed by atoms with Crippen molar-refractivity contribution in [2.24, 2.45) is 5.92 Å². The highest BCUT2D eigenvalue weighted by molar-refractivity contribution is 6.20. The summed E-state index contributed by atoms with van der Waals surface area (Å²) in [6.45, 7) is 8.41. The van der Waals surface area contributed by atoms with E-state index in [2.05, 4.69) is 13.8 Å². The van der Waals surface area contributed by atoms with Crippen LogP contribution in [0, 0.1) is 5.92 Å². The van der Waals surface area contributed by atoms with E-state index in [1.54, 1.807) is 0 Å². The van der Waals surface area contributed by atoms with Gasteiger partial charge in [0.2, 0.25) is 0 Å². The summed E-state index contributed by atoms with van der Waals surface area (Å²) in [6, 6.07) is 0. The standard InChI is InChI=1S/C12H25ClO2/c1-4-7-14-10-15-8-5-6-11(2)9-12(3)13/h11-12H,4-10H2,1-3H3. The summed E-state index contributed by atoms with van der Waals surface area (Å²) in [4.78, 5) is 0. The molecule has 0 aromatic rings. The average Bonchev–Trinajstić information content (AvgIpc) is 2.15. The van der Waals surface area contributed by atoms with Gasteiger partial charge in [-0.05, 0) is 38.5 Å². The molecule has 92 valence electrons. The molecule has 0 N–H and O–H groups in total. The molecule has 0 spiro atoms. The summed E-state index contributed by atoms with van der Waals surface area (Å²) in [6.07, 6.45) is 4.42. The Morgan fingerprint density at radius 2 is 1.80 bits per heavy atom. The van der Waals surface area contributed by atoms with Crippen molar-refractivity contribution >= 4 is 11.6 Å². The molecule has 0 aliphatic rings. The Kier molecular flexibility index (Phi) is 10.9. The molecular weight excluding hydrogens is 212 g/mol. The number of hydrogen-bond acceptors (Lipinski definition) is 2. The Morgan fingerprint density at radius 1 is 1.13 bits per heavy atom. The molecule has 0 aromatic carbocycles. The molecule has 0 rings (SSSR count). The molecule has 0 amide bonds. The molecular formula is C12H25ClO2. The first-order valence-electron chi connectivity index (χ1n) is 5.96. The molecule has 0 saturated carbocycles. The minimum Gasteiger partial charge on any atom is -0.355 e. The first-order chi connectivity index (χ1) is 7.16. The van der Waals surface area contributed by atoms with Crippen LogP contribution in [0.25, 0.3) is 0 Å². The Morgan fingerprint density at radius 3 is 2.40 bits per heavy atom. The fraction of sp³-hybridized carbons (Fsp3) is 1.00. The summed E-state index contributed by atoms with van der Waals surface area (Å²) < 4.78 is 10.5. The number of ether oxygens (including phenoxy) is 2.